The van der Waals surface area contributed by atoms with Gasteiger partial charge in [-0.05, 0) is 46.4 Å². The second kappa shape index (κ2) is 5.43. The molecule has 0 radical (unpaired) electrons. The molecule has 2 N–H and O–H groups in total. The number of ether oxygens (including phenoxy) is 1. The molecule has 1 aliphatic rings. The lowest BCUT2D eigenvalue weighted by Gasteiger charge is -2.35. The summed E-state index contributed by atoms with van der Waals surface area (Å²) in [5.74, 6) is 1.88. The highest BCUT2D eigenvalue weighted by molar-refractivity contribution is 5.12. The van der Waals surface area contributed by atoms with Crippen molar-refractivity contribution in [2.24, 2.45) is 5.73 Å². The van der Waals surface area contributed by atoms with Crippen LogP contribution in [0, 0.1) is 6.92 Å². The van der Waals surface area contributed by atoms with Crippen molar-refractivity contribution in [3.05, 3.63) is 23.7 Å². The van der Waals surface area contributed by atoms with Crippen LogP contribution < -0.4 is 5.73 Å². The first kappa shape index (κ1) is 13.6. The van der Waals surface area contributed by atoms with Crippen LogP contribution in [0.1, 0.15) is 37.8 Å². The predicted molar refractivity (Wildman–Crippen MR) is 71.4 cm³/mol. The first-order chi connectivity index (χ1) is 8.50. The average molecular weight is 252 g/mol. The van der Waals surface area contributed by atoms with Gasteiger partial charge in [0, 0.05) is 18.7 Å². The van der Waals surface area contributed by atoms with Crippen molar-refractivity contribution >= 4 is 0 Å². The number of nitrogens with two attached hydrogens (primary N) is 1. The minimum atomic E-state index is 0.0216. The van der Waals surface area contributed by atoms with Crippen LogP contribution in [0.2, 0.25) is 0 Å². The highest BCUT2D eigenvalue weighted by Crippen LogP contribution is 2.30. The molecule has 4 heteroatoms. The smallest absolute Gasteiger partial charge is 0.122 e. The van der Waals surface area contributed by atoms with Gasteiger partial charge in [-0.3, -0.25) is 4.90 Å². The average Bonchev–Trinajstić information content (AvgIpc) is 2.87. The third-order valence-corrected chi connectivity index (χ3v) is 3.85. The summed E-state index contributed by atoms with van der Waals surface area (Å²) in [6, 6.07) is 4.56. The van der Waals surface area contributed by atoms with Gasteiger partial charge in [-0.2, -0.15) is 0 Å². The molecule has 4 atom stereocenters. The number of nitrogens with zero attached hydrogens (tertiary/aromatic N) is 1. The standard InChI is InChI=1S/C14H24N2O2/c1-9-5-6-13(18-9)14(10(2)15)16(4)12-7-8-17-11(12)3/h5-6,10-12,14H,7-8,15H2,1-4H3. The largest absolute Gasteiger partial charge is 0.465 e. The van der Waals surface area contributed by atoms with Gasteiger partial charge < -0.3 is 14.9 Å². The van der Waals surface area contributed by atoms with E-state index in [1.54, 1.807) is 0 Å². The summed E-state index contributed by atoms with van der Waals surface area (Å²) in [6.07, 6.45) is 1.31. The summed E-state index contributed by atoms with van der Waals surface area (Å²) in [6.45, 7) is 6.95. The highest BCUT2D eigenvalue weighted by Gasteiger charge is 2.35. The third kappa shape index (κ3) is 2.60. The Labute approximate surface area is 109 Å². The minimum Gasteiger partial charge on any atom is -0.465 e. The molecule has 0 bridgehead atoms. The highest BCUT2D eigenvalue weighted by atomic mass is 16.5. The number of likely N-dealkylation sites (N-methyl/N-ethyl adjacent to an activating group) is 1. The van der Waals surface area contributed by atoms with Crippen LogP contribution in [0.4, 0.5) is 0 Å². The zero-order chi connectivity index (χ0) is 13.3. The third-order valence-electron chi connectivity index (χ3n) is 3.85. The predicted octanol–water partition coefficient (Wildman–Crippen LogP) is 2.09. The molecule has 102 valence electrons. The Bertz CT molecular complexity index is 389. The van der Waals surface area contributed by atoms with Crippen molar-refractivity contribution < 1.29 is 9.15 Å². The van der Waals surface area contributed by atoms with Crippen LogP contribution in [0.3, 0.4) is 0 Å². The van der Waals surface area contributed by atoms with E-state index in [9.17, 15) is 0 Å². The zero-order valence-electron chi connectivity index (χ0n) is 11.7. The lowest BCUT2D eigenvalue weighted by Crippen LogP contribution is -2.45. The lowest BCUT2D eigenvalue weighted by atomic mass is 10.0. The van der Waals surface area contributed by atoms with Gasteiger partial charge >= 0.3 is 0 Å². The minimum absolute atomic E-state index is 0.0216. The quantitative estimate of drug-likeness (QED) is 0.891. The van der Waals surface area contributed by atoms with E-state index < -0.39 is 0 Å². The van der Waals surface area contributed by atoms with Crippen LogP contribution in [-0.4, -0.2) is 36.7 Å². The molecule has 2 rings (SSSR count). The van der Waals surface area contributed by atoms with E-state index in [0.29, 0.717) is 6.04 Å². The van der Waals surface area contributed by atoms with E-state index in [0.717, 1.165) is 24.5 Å². The maximum absolute atomic E-state index is 6.15. The van der Waals surface area contributed by atoms with Crippen molar-refractivity contribution in [2.45, 2.75) is 51.4 Å². The molecule has 1 fully saturated rings. The van der Waals surface area contributed by atoms with Crippen LogP contribution in [-0.2, 0) is 4.74 Å². The van der Waals surface area contributed by atoms with E-state index in [1.807, 2.05) is 26.0 Å². The molecule has 0 aromatic carbocycles. The van der Waals surface area contributed by atoms with E-state index in [-0.39, 0.29) is 18.2 Å². The zero-order valence-corrected chi connectivity index (χ0v) is 11.7. The Hall–Kier alpha value is -0.840. The fourth-order valence-corrected chi connectivity index (χ4v) is 2.90. The van der Waals surface area contributed by atoms with Crippen molar-refractivity contribution in [3.63, 3.8) is 0 Å². The van der Waals surface area contributed by atoms with Gasteiger partial charge in [-0.15, -0.1) is 0 Å². The normalized spacial score (nSPS) is 27.7. The summed E-state index contributed by atoms with van der Waals surface area (Å²) in [5, 5.41) is 0. The molecule has 0 aliphatic carbocycles. The fraction of sp³-hybridized carbons (Fsp3) is 0.714. The monoisotopic (exact) mass is 252 g/mol. The molecular weight excluding hydrogens is 228 g/mol. The summed E-state index contributed by atoms with van der Waals surface area (Å²) in [4.78, 5) is 2.31. The van der Waals surface area contributed by atoms with Gasteiger partial charge in [0.05, 0.1) is 12.1 Å². The van der Waals surface area contributed by atoms with Crippen LogP contribution in [0.25, 0.3) is 0 Å². The van der Waals surface area contributed by atoms with Crippen LogP contribution >= 0.6 is 0 Å². The molecule has 1 aromatic heterocycles. The van der Waals surface area contributed by atoms with Crippen LogP contribution in [0.5, 0.6) is 0 Å². The van der Waals surface area contributed by atoms with Gasteiger partial charge in [0.15, 0.2) is 0 Å². The Kier molecular flexibility index (Phi) is 4.10. The Balaban J connectivity index is 2.19. The summed E-state index contributed by atoms with van der Waals surface area (Å²) in [5.41, 5.74) is 6.15. The molecule has 4 nitrogen and oxygen atoms in total. The molecule has 0 amide bonds. The maximum atomic E-state index is 6.15. The number of furan rings is 1. The van der Waals surface area contributed by atoms with E-state index in [2.05, 4.69) is 18.9 Å². The fourth-order valence-electron chi connectivity index (χ4n) is 2.90. The molecular formula is C14H24N2O2. The van der Waals surface area contributed by atoms with E-state index in [1.165, 1.54) is 0 Å². The SMILES string of the molecule is Cc1ccc(C(C(C)N)N(C)C2CCOC2C)o1. The van der Waals surface area contributed by atoms with Crippen molar-refractivity contribution in [1.29, 1.82) is 0 Å². The first-order valence-corrected chi connectivity index (χ1v) is 6.66. The molecule has 4 unspecified atom stereocenters. The summed E-state index contributed by atoms with van der Waals surface area (Å²) < 4.78 is 11.4. The molecule has 1 aliphatic heterocycles. The van der Waals surface area contributed by atoms with Crippen molar-refractivity contribution in [1.82, 2.24) is 4.90 Å². The van der Waals surface area contributed by atoms with Crippen LogP contribution in [0.15, 0.2) is 16.5 Å². The second-order valence-electron chi connectivity index (χ2n) is 5.35. The molecule has 18 heavy (non-hydrogen) atoms. The Morgan fingerprint density at radius 2 is 2.17 bits per heavy atom. The number of hydrogen-bond acceptors (Lipinski definition) is 4. The summed E-state index contributed by atoms with van der Waals surface area (Å²) >= 11 is 0. The molecule has 0 saturated carbocycles. The second-order valence-corrected chi connectivity index (χ2v) is 5.35. The van der Waals surface area contributed by atoms with E-state index >= 15 is 0 Å². The van der Waals surface area contributed by atoms with Gasteiger partial charge in [-0.1, -0.05) is 0 Å². The van der Waals surface area contributed by atoms with Gasteiger partial charge in [0.1, 0.15) is 11.5 Å². The summed E-state index contributed by atoms with van der Waals surface area (Å²) in [7, 11) is 2.11. The molecule has 2 heterocycles. The van der Waals surface area contributed by atoms with Crippen molar-refractivity contribution in [3.8, 4) is 0 Å². The lowest BCUT2D eigenvalue weighted by molar-refractivity contribution is 0.0570. The van der Waals surface area contributed by atoms with Crippen molar-refractivity contribution in [2.75, 3.05) is 13.7 Å². The van der Waals surface area contributed by atoms with Gasteiger partial charge in [0.2, 0.25) is 0 Å². The van der Waals surface area contributed by atoms with Gasteiger partial charge in [0.25, 0.3) is 0 Å². The molecule has 1 saturated heterocycles. The van der Waals surface area contributed by atoms with E-state index in [4.69, 9.17) is 14.9 Å². The topological polar surface area (TPSA) is 51.6 Å². The number of hydrogen-bond donors (Lipinski definition) is 1. The Morgan fingerprint density at radius 1 is 1.44 bits per heavy atom. The first-order valence-electron chi connectivity index (χ1n) is 6.66. The number of aryl methyl sites for hydroxylation is 1. The molecule has 1 aromatic rings. The molecule has 0 spiro atoms. The van der Waals surface area contributed by atoms with Gasteiger partial charge in [-0.25, -0.2) is 0 Å². The Morgan fingerprint density at radius 3 is 2.61 bits per heavy atom. The maximum Gasteiger partial charge on any atom is 0.122 e. The number of rotatable bonds is 4.